The zero-order valence-corrected chi connectivity index (χ0v) is 17.0. The van der Waals surface area contributed by atoms with Crippen LogP contribution in [0.15, 0.2) is 35.4 Å². The van der Waals surface area contributed by atoms with Crippen molar-refractivity contribution >= 4 is 21.6 Å². The minimum Gasteiger partial charge on any atom is -0.300 e. The summed E-state index contributed by atoms with van der Waals surface area (Å²) >= 11 is 5.95. The van der Waals surface area contributed by atoms with Gasteiger partial charge in [0.2, 0.25) is 10.0 Å². The van der Waals surface area contributed by atoms with E-state index in [0.29, 0.717) is 17.9 Å². The van der Waals surface area contributed by atoms with Crippen molar-refractivity contribution < 1.29 is 8.42 Å². The van der Waals surface area contributed by atoms with Gasteiger partial charge in [0.15, 0.2) is 0 Å². The Hall–Kier alpha value is -1.41. The summed E-state index contributed by atoms with van der Waals surface area (Å²) in [6.07, 6.45) is 3.14. The molecule has 26 heavy (non-hydrogen) atoms. The van der Waals surface area contributed by atoms with Gasteiger partial charge >= 0.3 is 0 Å². The molecule has 2 aromatic rings. The van der Waals surface area contributed by atoms with Crippen molar-refractivity contribution in [2.45, 2.75) is 49.7 Å². The predicted molar refractivity (Wildman–Crippen MR) is 103 cm³/mol. The van der Waals surface area contributed by atoms with Crippen molar-refractivity contribution in [3.05, 3.63) is 46.7 Å². The van der Waals surface area contributed by atoms with Gasteiger partial charge in [-0.3, -0.25) is 10.00 Å². The molecule has 1 aliphatic heterocycles. The molecule has 2 heterocycles. The number of nitrogens with zero attached hydrogens (tertiary/aromatic N) is 3. The van der Waals surface area contributed by atoms with Gasteiger partial charge in [-0.25, -0.2) is 8.42 Å². The molecule has 3 unspecified atom stereocenters. The van der Waals surface area contributed by atoms with Crippen molar-refractivity contribution in [2.24, 2.45) is 0 Å². The number of hydrogen-bond acceptors (Lipinski definition) is 4. The Morgan fingerprint density at radius 3 is 2.38 bits per heavy atom. The van der Waals surface area contributed by atoms with E-state index >= 15 is 0 Å². The van der Waals surface area contributed by atoms with Crippen molar-refractivity contribution in [3.63, 3.8) is 0 Å². The van der Waals surface area contributed by atoms with Crippen LogP contribution in [0.2, 0.25) is 5.02 Å². The summed E-state index contributed by atoms with van der Waals surface area (Å²) in [6, 6.07) is 5.87. The van der Waals surface area contributed by atoms with Gasteiger partial charge < -0.3 is 0 Å². The van der Waals surface area contributed by atoms with Crippen molar-refractivity contribution in [1.29, 1.82) is 0 Å². The van der Waals surface area contributed by atoms with Gasteiger partial charge in [0.05, 0.1) is 28.9 Å². The van der Waals surface area contributed by atoms with Gasteiger partial charge in [-0.1, -0.05) is 25.4 Å². The fourth-order valence-corrected chi connectivity index (χ4v) is 6.06. The molecule has 0 fully saturated rings. The molecule has 6 nitrogen and oxygen atoms in total. The van der Waals surface area contributed by atoms with E-state index in [1.165, 1.54) is 0 Å². The number of nitrogens with one attached hydrogen (secondary N) is 1. The summed E-state index contributed by atoms with van der Waals surface area (Å²) in [5.74, 6) is 0. The molecular weight excluding hydrogens is 372 g/mol. The summed E-state index contributed by atoms with van der Waals surface area (Å²) in [5, 5.41) is 7.84. The molecule has 8 heteroatoms. The highest BCUT2D eigenvalue weighted by molar-refractivity contribution is 7.89. The van der Waals surface area contributed by atoms with E-state index in [1.54, 1.807) is 34.8 Å². The van der Waals surface area contributed by atoms with Crippen LogP contribution in [-0.4, -0.2) is 48.0 Å². The molecular formula is C18H25ClN4O2S. The van der Waals surface area contributed by atoms with Crippen LogP contribution in [0, 0.1) is 0 Å². The number of hydrogen-bond donors (Lipinski definition) is 1. The second-order valence-electron chi connectivity index (χ2n) is 6.84. The molecule has 0 aliphatic carbocycles. The molecule has 1 aliphatic rings. The van der Waals surface area contributed by atoms with Crippen LogP contribution in [0.5, 0.6) is 0 Å². The Balaban J connectivity index is 2.18. The molecule has 3 rings (SSSR count). The maximum atomic E-state index is 13.6. The zero-order valence-electron chi connectivity index (χ0n) is 15.5. The second kappa shape index (κ2) is 7.31. The largest absolute Gasteiger partial charge is 0.300 e. The first-order valence-electron chi connectivity index (χ1n) is 8.81. The first-order valence-corrected chi connectivity index (χ1v) is 10.6. The number of rotatable bonds is 5. The standard InChI is InChI=1S/C18H25ClN4O2S/c1-5-15-14-11-20-21-17(14)18(22(3)4)16(6-2)23(15)26(24,25)13-9-7-12(19)8-10-13/h7-11,15-16,18H,5-6H2,1-4H3,(H,20,21). The quantitative estimate of drug-likeness (QED) is 0.838. The average Bonchev–Trinajstić information content (AvgIpc) is 3.08. The van der Waals surface area contributed by atoms with E-state index in [0.717, 1.165) is 11.3 Å². The van der Waals surface area contributed by atoms with Crippen molar-refractivity contribution in [2.75, 3.05) is 14.1 Å². The van der Waals surface area contributed by atoms with Gasteiger partial charge in [0, 0.05) is 16.6 Å². The van der Waals surface area contributed by atoms with E-state index in [1.807, 2.05) is 27.9 Å². The number of benzene rings is 1. The molecule has 0 saturated heterocycles. The third-order valence-electron chi connectivity index (χ3n) is 5.10. The van der Waals surface area contributed by atoms with E-state index in [9.17, 15) is 8.42 Å². The number of aromatic amines is 1. The minimum absolute atomic E-state index is 0.0811. The third-order valence-corrected chi connectivity index (χ3v) is 7.30. The summed E-state index contributed by atoms with van der Waals surface area (Å²) in [6.45, 7) is 4.04. The molecule has 3 atom stereocenters. The summed E-state index contributed by atoms with van der Waals surface area (Å²) in [7, 11) is 0.257. The van der Waals surface area contributed by atoms with Crippen LogP contribution in [0.3, 0.4) is 0 Å². The Kier molecular flexibility index (Phi) is 5.44. The number of H-pyrrole nitrogens is 1. The second-order valence-corrected chi connectivity index (χ2v) is 9.12. The summed E-state index contributed by atoms with van der Waals surface area (Å²) < 4.78 is 28.8. The van der Waals surface area contributed by atoms with Crippen molar-refractivity contribution in [1.82, 2.24) is 19.4 Å². The summed E-state index contributed by atoms with van der Waals surface area (Å²) in [5.41, 5.74) is 1.96. The lowest BCUT2D eigenvalue weighted by Crippen LogP contribution is -2.52. The van der Waals surface area contributed by atoms with Crippen LogP contribution >= 0.6 is 11.6 Å². The highest BCUT2D eigenvalue weighted by atomic mass is 35.5. The number of aromatic nitrogens is 2. The highest BCUT2D eigenvalue weighted by Gasteiger charge is 2.47. The van der Waals surface area contributed by atoms with E-state index in [2.05, 4.69) is 15.1 Å². The van der Waals surface area contributed by atoms with Gasteiger partial charge in [0.25, 0.3) is 0 Å². The first kappa shape index (κ1) is 19.4. The maximum absolute atomic E-state index is 13.6. The van der Waals surface area contributed by atoms with Gasteiger partial charge in [-0.05, 0) is 51.2 Å². The Bertz CT molecular complexity index is 864. The number of fused-ring (bicyclic) bond motifs is 1. The normalized spacial score (nSPS) is 24.0. The fraction of sp³-hybridized carbons (Fsp3) is 0.500. The fourth-order valence-electron chi connectivity index (χ4n) is 3.99. The average molecular weight is 397 g/mol. The van der Waals surface area contributed by atoms with E-state index in [4.69, 9.17) is 11.6 Å². The predicted octanol–water partition coefficient (Wildman–Crippen LogP) is 3.60. The zero-order chi connectivity index (χ0) is 19.1. The number of likely N-dealkylation sites (N-methyl/N-ethyl adjacent to an activating group) is 1. The molecule has 0 saturated carbocycles. The Labute approximate surface area is 160 Å². The molecule has 0 spiro atoms. The van der Waals surface area contributed by atoms with Crippen LogP contribution in [0.4, 0.5) is 0 Å². The Morgan fingerprint density at radius 2 is 1.85 bits per heavy atom. The Morgan fingerprint density at radius 1 is 1.19 bits per heavy atom. The first-order chi connectivity index (χ1) is 12.3. The smallest absolute Gasteiger partial charge is 0.243 e. The van der Waals surface area contributed by atoms with Gasteiger partial charge in [0.1, 0.15) is 0 Å². The summed E-state index contributed by atoms with van der Waals surface area (Å²) in [4.78, 5) is 2.32. The molecule has 0 radical (unpaired) electrons. The van der Waals surface area contributed by atoms with E-state index in [-0.39, 0.29) is 23.0 Å². The monoisotopic (exact) mass is 396 g/mol. The topological polar surface area (TPSA) is 69.3 Å². The van der Waals surface area contributed by atoms with Crippen LogP contribution in [0.1, 0.15) is 50.0 Å². The SMILES string of the molecule is CCC1c2cn[nH]c2C(N(C)C)C(CC)N1S(=O)(=O)c1ccc(Cl)cc1. The van der Waals surface area contributed by atoms with Gasteiger partial charge in [-0.2, -0.15) is 9.40 Å². The third kappa shape index (κ3) is 3.07. The molecule has 1 aromatic heterocycles. The van der Waals surface area contributed by atoms with Crippen LogP contribution < -0.4 is 0 Å². The lowest BCUT2D eigenvalue weighted by atomic mass is 9.88. The van der Waals surface area contributed by atoms with Crippen molar-refractivity contribution in [3.8, 4) is 0 Å². The molecule has 1 aromatic carbocycles. The number of halogens is 1. The number of sulfonamides is 1. The van der Waals surface area contributed by atoms with E-state index < -0.39 is 10.0 Å². The minimum atomic E-state index is -3.68. The molecule has 0 amide bonds. The molecule has 142 valence electrons. The van der Waals surface area contributed by atoms with Crippen LogP contribution in [-0.2, 0) is 10.0 Å². The lowest BCUT2D eigenvalue weighted by molar-refractivity contribution is 0.112. The molecule has 1 N–H and O–H groups in total. The van der Waals surface area contributed by atoms with Crippen LogP contribution in [0.25, 0.3) is 0 Å². The maximum Gasteiger partial charge on any atom is 0.243 e. The molecule has 0 bridgehead atoms. The highest BCUT2D eigenvalue weighted by Crippen LogP contribution is 2.45. The van der Waals surface area contributed by atoms with Gasteiger partial charge in [-0.15, -0.1) is 0 Å². The lowest BCUT2D eigenvalue weighted by Gasteiger charge is -2.46.